The maximum Gasteiger partial charge on any atom is 0.259 e. The van der Waals surface area contributed by atoms with Crippen molar-refractivity contribution in [3.8, 4) is 0 Å². The average molecular weight is 258 g/mol. The van der Waals surface area contributed by atoms with E-state index in [1.807, 2.05) is 17.5 Å². The fourth-order valence-corrected chi connectivity index (χ4v) is 2.54. The van der Waals surface area contributed by atoms with Gasteiger partial charge in [0.25, 0.3) is 11.8 Å². The molecule has 5 heteroatoms. The molecule has 0 saturated heterocycles. The third-order valence-electron chi connectivity index (χ3n) is 2.81. The second kappa shape index (κ2) is 4.27. The Balaban J connectivity index is 1.81. The molecule has 2 N–H and O–H groups in total. The highest BCUT2D eigenvalue weighted by Crippen LogP contribution is 2.20. The van der Waals surface area contributed by atoms with Crippen LogP contribution >= 0.6 is 11.3 Å². The summed E-state index contributed by atoms with van der Waals surface area (Å²) in [5.74, 6) is -0.645. The summed E-state index contributed by atoms with van der Waals surface area (Å²) >= 11 is 1.65. The summed E-state index contributed by atoms with van der Waals surface area (Å²) < 4.78 is 0. The van der Waals surface area contributed by atoms with Crippen molar-refractivity contribution in [2.24, 2.45) is 0 Å². The first-order valence-corrected chi connectivity index (χ1v) is 6.43. The maximum atomic E-state index is 11.5. The Hall–Kier alpha value is -2.14. The number of nitrogens with one attached hydrogen (secondary N) is 2. The Morgan fingerprint density at radius 3 is 2.72 bits per heavy atom. The van der Waals surface area contributed by atoms with E-state index in [4.69, 9.17) is 0 Å². The van der Waals surface area contributed by atoms with Crippen molar-refractivity contribution >= 4 is 28.8 Å². The molecule has 0 bridgehead atoms. The molecule has 1 aromatic heterocycles. The van der Waals surface area contributed by atoms with Gasteiger partial charge in [-0.05, 0) is 40.6 Å². The van der Waals surface area contributed by atoms with Gasteiger partial charge in [0.1, 0.15) is 0 Å². The number of hydrogen-bond donors (Lipinski definition) is 2. The predicted molar refractivity (Wildman–Crippen MR) is 69.9 cm³/mol. The van der Waals surface area contributed by atoms with E-state index < -0.39 is 0 Å². The first kappa shape index (κ1) is 11.0. The van der Waals surface area contributed by atoms with Crippen molar-refractivity contribution < 1.29 is 9.59 Å². The zero-order chi connectivity index (χ0) is 12.5. The van der Waals surface area contributed by atoms with Crippen molar-refractivity contribution in [3.63, 3.8) is 0 Å². The quantitative estimate of drug-likeness (QED) is 0.830. The molecule has 3 rings (SSSR count). The lowest BCUT2D eigenvalue weighted by Gasteiger charge is -2.05. The van der Waals surface area contributed by atoms with E-state index in [0.29, 0.717) is 17.7 Å². The summed E-state index contributed by atoms with van der Waals surface area (Å²) in [4.78, 5) is 22.9. The number of benzene rings is 1. The minimum Gasteiger partial charge on any atom is -0.381 e. The molecule has 0 spiro atoms. The first-order valence-electron chi connectivity index (χ1n) is 5.49. The van der Waals surface area contributed by atoms with Crippen LogP contribution in [-0.4, -0.2) is 11.8 Å². The van der Waals surface area contributed by atoms with Gasteiger partial charge >= 0.3 is 0 Å². The molecule has 18 heavy (non-hydrogen) atoms. The summed E-state index contributed by atoms with van der Waals surface area (Å²) in [7, 11) is 0. The summed E-state index contributed by atoms with van der Waals surface area (Å²) in [5, 5.41) is 9.59. The molecule has 2 amide bonds. The number of carbonyl (C=O) groups excluding carboxylic acids is 2. The summed E-state index contributed by atoms with van der Waals surface area (Å²) in [5.41, 5.74) is 2.92. The highest BCUT2D eigenvalue weighted by molar-refractivity contribution is 7.07. The van der Waals surface area contributed by atoms with Crippen LogP contribution in [0.2, 0.25) is 0 Å². The van der Waals surface area contributed by atoms with Gasteiger partial charge in [-0.1, -0.05) is 0 Å². The lowest BCUT2D eigenvalue weighted by Crippen LogP contribution is -2.19. The standard InChI is InChI=1S/C13H10N2O2S/c16-12-10-2-1-9(5-11(10)13(17)15-12)14-6-8-3-4-18-7-8/h1-5,7,14H,6H2,(H,15,16,17). The van der Waals surface area contributed by atoms with E-state index in [0.717, 1.165) is 5.69 Å². The van der Waals surface area contributed by atoms with E-state index in [-0.39, 0.29) is 11.8 Å². The van der Waals surface area contributed by atoms with Crippen LogP contribution in [0, 0.1) is 0 Å². The molecule has 2 heterocycles. The molecule has 0 fully saturated rings. The highest BCUT2D eigenvalue weighted by atomic mass is 32.1. The second-order valence-electron chi connectivity index (χ2n) is 4.03. The number of anilines is 1. The van der Waals surface area contributed by atoms with Gasteiger partial charge in [-0.3, -0.25) is 14.9 Å². The van der Waals surface area contributed by atoms with E-state index in [9.17, 15) is 9.59 Å². The Morgan fingerprint density at radius 1 is 1.11 bits per heavy atom. The molecule has 1 aliphatic heterocycles. The summed E-state index contributed by atoms with van der Waals surface area (Å²) in [6.07, 6.45) is 0. The van der Waals surface area contributed by atoms with Gasteiger partial charge < -0.3 is 5.32 Å². The Kier molecular flexibility index (Phi) is 2.60. The minimum atomic E-state index is -0.325. The normalized spacial score (nSPS) is 13.3. The van der Waals surface area contributed by atoms with E-state index >= 15 is 0 Å². The summed E-state index contributed by atoms with van der Waals surface area (Å²) in [6.45, 7) is 0.706. The molecular formula is C13H10N2O2S. The molecule has 0 saturated carbocycles. The monoisotopic (exact) mass is 258 g/mol. The molecule has 90 valence electrons. The van der Waals surface area contributed by atoms with Crippen LogP contribution in [0.4, 0.5) is 5.69 Å². The number of carbonyl (C=O) groups is 2. The van der Waals surface area contributed by atoms with Crippen LogP contribution in [0.3, 0.4) is 0 Å². The molecule has 4 nitrogen and oxygen atoms in total. The second-order valence-corrected chi connectivity index (χ2v) is 4.81. The minimum absolute atomic E-state index is 0.320. The molecule has 2 aromatic rings. The van der Waals surface area contributed by atoms with Gasteiger partial charge in [0.15, 0.2) is 0 Å². The van der Waals surface area contributed by atoms with Crippen LogP contribution in [0.15, 0.2) is 35.0 Å². The van der Waals surface area contributed by atoms with Crippen molar-refractivity contribution in [2.45, 2.75) is 6.54 Å². The number of hydrogen-bond acceptors (Lipinski definition) is 4. The summed E-state index contributed by atoms with van der Waals surface area (Å²) in [6, 6.07) is 7.23. The molecule has 1 aliphatic rings. The lowest BCUT2D eigenvalue weighted by atomic mass is 10.1. The Morgan fingerprint density at radius 2 is 1.94 bits per heavy atom. The van der Waals surface area contributed by atoms with Gasteiger partial charge in [-0.25, -0.2) is 0 Å². The van der Waals surface area contributed by atoms with Gasteiger partial charge in [0.2, 0.25) is 0 Å². The zero-order valence-corrected chi connectivity index (χ0v) is 10.2. The highest BCUT2D eigenvalue weighted by Gasteiger charge is 2.26. The molecule has 0 aliphatic carbocycles. The zero-order valence-electron chi connectivity index (χ0n) is 9.40. The molecule has 0 unspecified atom stereocenters. The maximum absolute atomic E-state index is 11.5. The van der Waals surface area contributed by atoms with E-state index in [1.54, 1.807) is 23.5 Å². The van der Waals surface area contributed by atoms with Crippen molar-refractivity contribution in [3.05, 3.63) is 51.7 Å². The van der Waals surface area contributed by atoms with Crippen LogP contribution in [0.5, 0.6) is 0 Å². The molecule has 1 aromatic carbocycles. The van der Waals surface area contributed by atoms with E-state index in [2.05, 4.69) is 16.0 Å². The van der Waals surface area contributed by atoms with Gasteiger partial charge in [0.05, 0.1) is 11.1 Å². The largest absolute Gasteiger partial charge is 0.381 e. The third kappa shape index (κ3) is 1.89. The van der Waals surface area contributed by atoms with Crippen molar-refractivity contribution in [2.75, 3.05) is 5.32 Å². The predicted octanol–water partition coefficient (Wildman–Crippen LogP) is 2.24. The smallest absolute Gasteiger partial charge is 0.259 e. The molecular weight excluding hydrogens is 248 g/mol. The number of fused-ring (bicyclic) bond motifs is 1. The van der Waals surface area contributed by atoms with Crippen molar-refractivity contribution in [1.29, 1.82) is 0 Å². The van der Waals surface area contributed by atoms with Gasteiger partial charge in [-0.15, -0.1) is 0 Å². The fourth-order valence-electron chi connectivity index (χ4n) is 1.88. The number of amides is 2. The molecule has 0 atom stereocenters. The van der Waals surface area contributed by atoms with Crippen LogP contribution < -0.4 is 10.6 Å². The Bertz CT molecular complexity index is 620. The van der Waals surface area contributed by atoms with E-state index in [1.165, 1.54) is 5.56 Å². The van der Waals surface area contributed by atoms with Gasteiger partial charge in [0, 0.05) is 12.2 Å². The third-order valence-corrected chi connectivity index (χ3v) is 3.54. The SMILES string of the molecule is O=C1NC(=O)c2cc(NCc3ccsc3)ccc21. The molecule has 0 radical (unpaired) electrons. The topological polar surface area (TPSA) is 58.2 Å². The van der Waals surface area contributed by atoms with Crippen LogP contribution in [0.25, 0.3) is 0 Å². The number of imide groups is 1. The fraction of sp³-hybridized carbons (Fsp3) is 0.0769. The van der Waals surface area contributed by atoms with Crippen LogP contribution in [0.1, 0.15) is 26.3 Å². The Labute approximate surface area is 108 Å². The number of rotatable bonds is 3. The van der Waals surface area contributed by atoms with Gasteiger partial charge in [-0.2, -0.15) is 11.3 Å². The van der Waals surface area contributed by atoms with Crippen LogP contribution in [-0.2, 0) is 6.54 Å². The van der Waals surface area contributed by atoms with Crippen molar-refractivity contribution in [1.82, 2.24) is 5.32 Å². The number of thiophene rings is 1. The first-order chi connectivity index (χ1) is 8.74. The average Bonchev–Trinajstić information content (AvgIpc) is 2.97. The lowest BCUT2D eigenvalue weighted by molar-refractivity contribution is 0.0879.